The monoisotopic (exact) mass is 280 g/mol. The number of aromatic nitrogens is 1. The van der Waals surface area contributed by atoms with Gasteiger partial charge in [-0.25, -0.2) is 0 Å². The quantitative estimate of drug-likeness (QED) is 0.904. The number of rotatable bonds is 2. The van der Waals surface area contributed by atoms with E-state index in [4.69, 9.17) is 5.73 Å². The molecule has 2 heterocycles. The fourth-order valence-electron chi connectivity index (χ4n) is 3.18. The molecule has 0 saturated carbocycles. The van der Waals surface area contributed by atoms with E-state index in [1.165, 1.54) is 0 Å². The molecule has 1 aliphatic rings. The smallest absolute Gasteiger partial charge is 0.237 e. The Labute approximate surface area is 123 Å². The molecule has 1 amide bonds. The van der Waals surface area contributed by atoms with Gasteiger partial charge in [-0.15, -0.1) is 0 Å². The van der Waals surface area contributed by atoms with Gasteiger partial charge in [0.2, 0.25) is 5.91 Å². The molecule has 1 saturated heterocycles. The highest BCUT2D eigenvalue weighted by Gasteiger charge is 2.46. The minimum absolute atomic E-state index is 0.0769. The second kappa shape index (κ2) is 5.15. The van der Waals surface area contributed by atoms with E-state index in [0.29, 0.717) is 13.0 Å². The van der Waals surface area contributed by atoms with Crippen LogP contribution in [0.25, 0.3) is 10.9 Å². The molecule has 2 N–H and O–H groups in total. The first-order valence-electron chi connectivity index (χ1n) is 6.99. The first kappa shape index (κ1) is 13.5. The highest BCUT2D eigenvalue weighted by Crippen LogP contribution is 2.41. The van der Waals surface area contributed by atoms with Gasteiger partial charge in [0.1, 0.15) is 0 Å². The molecule has 0 spiro atoms. The zero-order valence-electron chi connectivity index (χ0n) is 11.6. The molecule has 1 aliphatic heterocycles. The lowest BCUT2D eigenvalue weighted by Crippen LogP contribution is -2.46. The number of hydrogen-bond acceptors (Lipinski definition) is 4. The molecular weight excluding hydrogens is 264 g/mol. The number of nitrogens with two attached hydrogens (primary N) is 1. The Hall–Kier alpha value is -2.45. The number of pyridine rings is 1. The predicted octanol–water partition coefficient (Wildman–Crippen LogP) is 1.53. The normalized spacial score (nSPS) is 21.4. The van der Waals surface area contributed by atoms with Gasteiger partial charge in [-0.05, 0) is 25.0 Å². The molecule has 0 aliphatic carbocycles. The maximum absolute atomic E-state index is 12.1. The fourth-order valence-corrected chi connectivity index (χ4v) is 3.18. The van der Waals surface area contributed by atoms with E-state index in [1.54, 1.807) is 11.1 Å². The van der Waals surface area contributed by atoms with E-state index in [1.807, 2.05) is 30.3 Å². The van der Waals surface area contributed by atoms with Crippen LogP contribution >= 0.6 is 0 Å². The number of benzene rings is 1. The number of fused-ring (bicyclic) bond motifs is 1. The van der Waals surface area contributed by atoms with Crippen molar-refractivity contribution in [1.29, 1.82) is 5.26 Å². The Morgan fingerprint density at radius 1 is 1.43 bits per heavy atom. The standard InChI is InChI=1S/C16H16N4O/c17-10-15(21)20-9-3-7-16(20,11-18)13-6-8-19-14-5-2-1-4-12(13)14/h1-2,4-6,8H,3,7,9-10,17H2. The average molecular weight is 280 g/mol. The van der Waals surface area contributed by atoms with Crippen LogP contribution in [0.1, 0.15) is 18.4 Å². The van der Waals surface area contributed by atoms with Gasteiger partial charge in [-0.1, -0.05) is 18.2 Å². The molecule has 0 bridgehead atoms. The Bertz CT molecular complexity index is 731. The van der Waals surface area contributed by atoms with Crippen LogP contribution < -0.4 is 5.73 Å². The Kier molecular flexibility index (Phi) is 3.32. The van der Waals surface area contributed by atoms with Crippen molar-refractivity contribution in [3.63, 3.8) is 0 Å². The van der Waals surface area contributed by atoms with Crippen LogP contribution in [-0.2, 0) is 10.3 Å². The molecule has 5 heteroatoms. The zero-order valence-corrected chi connectivity index (χ0v) is 11.6. The van der Waals surface area contributed by atoms with Crippen molar-refractivity contribution in [2.75, 3.05) is 13.1 Å². The third-order valence-corrected chi connectivity index (χ3v) is 4.14. The van der Waals surface area contributed by atoms with Gasteiger partial charge in [-0.2, -0.15) is 5.26 Å². The summed E-state index contributed by atoms with van der Waals surface area (Å²) in [4.78, 5) is 18.1. The summed E-state index contributed by atoms with van der Waals surface area (Å²) in [6.45, 7) is 0.493. The van der Waals surface area contributed by atoms with Gasteiger partial charge in [0.05, 0.1) is 18.1 Å². The number of hydrogen-bond donors (Lipinski definition) is 1. The fraction of sp³-hybridized carbons (Fsp3) is 0.312. The van der Waals surface area contributed by atoms with Crippen molar-refractivity contribution in [2.45, 2.75) is 18.4 Å². The third kappa shape index (κ3) is 1.96. The SMILES string of the molecule is N#CC1(c2ccnc3ccccc23)CCCN1C(=O)CN. The van der Waals surface area contributed by atoms with E-state index in [-0.39, 0.29) is 12.5 Å². The van der Waals surface area contributed by atoms with Gasteiger partial charge in [0, 0.05) is 23.7 Å². The molecule has 1 aromatic heterocycles. The van der Waals surface area contributed by atoms with Crippen LogP contribution in [0.5, 0.6) is 0 Å². The highest BCUT2D eigenvalue weighted by atomic mass is 16.2. The van der Waals surface area contributed by atoms with Gasteiger partial charge < -0.3 is 10.6 Å². The maximum atomic E-state index is 12.1. The van der Waals surface area contributed by atoms with E-state index in [0.717, 1.165) is 22.9 Å². The van der Waals surface area contributed by atoms with Crippen molar-refractivity contribution in [2.24, 2.45) is 5.73 Å². The summed E-state index contributed by atoms with van der Waals surface area (Å²) in [5, 5.41) is 10.8. The van der Waals surface area contributed by atoms with Crippen molar-refractivity contribution in [3.05, 3.63) is 42.1 Å². The van der Waals surface area contributed by atoms with Crippen LogP contribution in [0.15, 0.2) is 36.5 Å². The van der Waals surface area contributed by atoms with Crippen molar-refractivity contribution >= 4 is 16.8 Å². The molecule has 2 aromatic rings. The summed E-state index contributed by atoms with van der Waals surface area (Å²) < 4.78 is 0. The summed E-state index contributed by atoms with van der Waals surface area (Å²) in [7, 11) is 0. The summed E-state index contributed by atoms with van der Waals surface area (Å²) >= 11 is 0. The van der Waals surface area contributed by atoms with E-state index >= 15 is 0 Å². The van der Waals surface area contributed by atoms with Crippen LogP contribution in [0.4, 0.5) is 0 Å². The topological polar surface area (TPSA) is 83.0 Å². The lowest BCUT2D eigenvalue weighted by molar-refractivity contribution is -0.132. The summed E-state index contributed by atoms with van der Waals surface area (Å²) in [6, 6.07) is 11.9. The predicted molar refractivity (Wildman–Crippen MR) is 79.0 cm³/mol. The lowest BCUT2D eigenvalue weighted by Gasteiger charge is -2.33. The Morgan fingerprint density at radius 3 is 3.00 bits per heavy atom. The molecule has 1 unspecified atom stereocenters. The zero-order chi connectivity index (χ0) is 14.9. The molecule has 1 fully saturated rings. The maximum Gasteiger partial charge on any atom is 0.237 e. The minimum Gasteiger partial charge on any atom is -0.322 e. The van der Waals surface area contributed by atoms with E-state index in [2.05, 4.69) is 11.1 Å². The molecule has 3 rings (SSSR count). The molecule has 0 radical (unpaired) electrons. The summed E-state index contributed by atoms with van der Waals surface area (Å²) in [5.74, 6) is -0.185. The molecule has 1 aromatic carbocycles. The van der Waals surface area contributed by atoms with Crippen LogP contribution in [0.2, 0.25) is 0 Å². The number of nitrogens with zero attached hydrogens (tertiary/aromatic N) is 3. The minimum atomic E-state index is -0.932. The van der Waals surface area contributed by atoms with Crippen molar-refractivity contribution < 1.29 is 4.79 Å². The molecule has 5 nitrogen and oxygen atoms in total. The number of amides is 1. The van der Waals surface area contributed by atoms with E-state index in [9.17, 15) is 10.1 Å². The van der Waals surface area contributed by atoms with Crippen molar-refractivity contribution in [1.82, 2.24) is 9.88 Å². The average Bonchev–Trinajstić information content (AvgIpc) is 2.98. The van der Waals surface area contributed by atoms with Crippen molar-refractivity contribution in [3.8, 4) is 6.07 Å². The number of para-hydroxylation sites is 1. The molecule has 21 heavy (non-hydrogen) atoms. The first-order chi connectivity index (χ1) is 10.2. The lowest BCUT2D eigenvalue weighted by atomic mass is 9.86. The molecular formula is C16H16N4O. The first-order valence-corrected chi connectivity index (χ1v) is 6.99. The van der Waals surface area contributed by atoms with Crippen LogP contribution in [-0.4, -0.2) is 28.9 Å². The number of carbonyl (C=O) groups excluding carboxylic acids is 1. The Balaban J connectivity index is 2.23. The van der Waals surface area contributed by atoms with Crippen LogP contribution in [0.3, 0.4) is 0 Å². The second-order valence-corrected chi connectivity index (χ2v) is 5.20. The van der Waals surface area contributed by atoms with Gasteiger partial charge >= 0.3 is 0 Å². The highest BCUT2D eigenvalue weighted by molar-refractivity contribution is 5.86. The molecule has 106 valence electrons. The summed E-state index contributed by atoms with van der Waals surface area (Å²) in [5.41, 5.74) is 6.25. The summed E-state index contributed by atoms with van der Waals surface area (Å²) in [6.07, 6.45) is 3.12. The van der Waals surface area contributed by atoms with Gasteiger partial charge in [-0.3, -0.25) is 9.78 Å². The van der Waals surface area contributed by atoms with Gasteiger partial charge in [0.15, 0.2) is 5.54 Å². The third-order valence-electron chi connectivity index (χ3n) is 4.14. The molecule has 1 atom stereocenters. The number of likely N-dealkylation sites (tertiary alicyclic amines) is 1. The van der Waals surface area contributed by atoms with Crippen LogP contribution in [0, 0.1) is 11.3 Å². The van der Waals surface area contributed by atoms with Gasteiger partial charge in [0.25, 0.3) is 0 Å². The largest absolute Gasteiger partial charge is 0.322 e. The van der Waals surface area contributed by atoms with E-state index < -0.39 is 5.54 Å². The second-order valence-electron chi connectivity index (χ2n) is 5.20. The number of carbonyl (C=O) groups is 1. The Morgan fingerprint density at radius 2 is 2.24 bits per heavy atom. The number of nitriles is 1.